The number of imidazole rings is 1. The molecule has 5 nitrogen and oxygen atoms in total. The van der Waals surface area contributed by atoms with E-state index in [1.165, 1.54) is 0 Å². The number of aromatic nitrogens is 4. The van der Waals surface area contributed by atoms with Gasteiger partial charge in [0, 0.05) is 25.4 Å². The molecule has 0 fully saturated rings. The first-order valence-corrected chi connectivity index (χ1v) is 5.88. The van der Waals surface area contributed by atoms with Crippen molar-refractivity contribution < 1.29 is 0 Å². The van der Waals surface area contributed by atoms with Crippen molar-refractivity contribution in [1.29, 1.82) is 0 Å². The quantitative estimate of drug-likeness (QED) is 0.733. The summed E-state index contributed by atoms with van der Waals surface area (Å²) in [7, 11) is 3.87. The lowest BCUT2D eigenvalue weighted by Gasteiger charge is -2.02. The van der Waals surface area contributed by atoms with Crippen LogP contribution in [0.15, 0.2) is 30.7 Å². The lowest BCUT2D eigenvalue weighted by atomic mass is 10.1. The molecule has 18 heavy (non-hydrogen) atoms. The van der Waals surface area contributed by atoms with Gasteiger partial charge in [0.15, 0.2) is 0 Å². The Kier molecular flexibility index (Phi) is 2.60. The molecule has 0 atom stereocenters. The highest BCUT2D eigenvalue weighted by Gasteiger charge is 2.10. The number of nitrogens with zero attached hydrogens (tertiary/aromatic N) is 3. The monoisotopic (exact) mass is 241 g/mol. The van der Waals surface area contributed by atoms with E-state index in [4.69, 9.17) is 0 Å². The molecule has 0 aliphatic rings. The van der Waals surface area contributed by atoms with Crippen LogP contribution in [0, 0.1) is 0 Å². The zero-order valence-electron chi connectivity index (χ0n) is 10.4. The van der Waals surface area contributed by atoms with Crippen molar-refractivity contribution in [2.75, 3.05) is 7.05 Å². The summed E-state index contributed by atoms with van der Waals surface area (Å²) in [5.74, 6) is 0. The normalized spacial score (nSPS) is 11.2. The Hall–Kier alpha value is -2.14. The second kappa shape index (κ2) is 4.27. The molecule has 2 heterocycles. The summed E-state index contributed by atoms with van der Waals surface area (Å²) in [6.07, 6.45) is 3.76. The minimum atomic E-state index is 0.761. The van der Waals surface area contributed by atoms with Gasteiger partial charge in [0.1, 0.15) is 0 Å². The van der Waals surface area contributed by atoms with Crippen LogP contribution in [0.25, 0.3) is 22.2 Å². The molecule has 2 N–H and O–H groups in total. The summed E-state index contributed by atoms with van der Waals surface area (Å²) in [6, 6.07) is 6.22. The van der Waals surface area contributed by atoms with Crippen LogP contribution in [0.2, 0.25) is 0 Å². The largest absolute Gasteiger partial charge is 0.345 e. The van der Waals surface area contributed by atoms with Gasteiger partial charge in [0.2, 0.25) is 0 Å². The highest BCUT2D eigenvalue weighted by molar-refractivity contribution is 5.81. The number of aromatic amines is 1. The summed E-state index contributed by atoms with van der Waals surface area (Å²) < 4.78 is 1.85. The fourth-order valence-corrected chi connectivity index (χ4v) is 2.18. The van der Waals surface area contributed by atoms with Gasteiger partial charge in [-0.05, 0) is 24.7 Å². The molecule has 3 aromatic rings. The minimum Gasteiger partial charge on any atom is -0.345 e. The van der Waals surface area contributed by atoms with E-state index < -0.39 is 0 Å². The molecule has 3 rings (SSSR count). The maximum Gasteiger partial charge on any atom is 0.0931 e. The Labute approximate surface area is 105 Å². The predicted molar refractivity (Wildman–Crippen MR) is 71.1 cm³/mol. The molecular formula is C13H15N5. The minimum absolute atomic E-state index is 0.761. The van der Waals surface area contributed by atoms with Gasteiger partial charge in [-0.3, -0.25) is 4.68 Å². The highest BCUT2D eigenvalue weighted by atomic mass is 15.3. The second-order valence-corrected chi connectivity index (χ2v) is 4.33. The number of benzene rings is 1. The Morgan fingerprint density at radius 1 is 1.39 bits per heavy atom. The second-order valence-electron chi connectivity index (χ2n) is 4.33. The summed E-state index contributed by atoms with van der Waals surface area (Å²) in [5, 5.41) is 7.62. The first-order chi connectivity index (χ1) is 8.78. The Morgan fingerprint density at radius 2 is 2.28 bits per heavy atom. The molecular weight excluding hydrogens is 226 g/mol. The van der Waals surface area contributed by atoms with Crippen LogP contribution in [0.3, 0.4) is 0 Å². The molecule has 1 aromatic carbocycles. The molecule has 0 amide bonds. The van der Waals surface area contributed by atoms with Crippen LogP contribution >= 0.6 is 0 Å². The van der Waals surface area contributed by atoms with E-state index in [0.29, 0.717) is 0 Å². The number of aryl methyl sites for hydroxylation is 1. The average molecular weight is 241 g/mol. The maximum absolute atomic E-state index is 4.47. The molecule has 0 aliphatic carbocycles. The first kappa shape index (κ1) is 11.0. The SMILES string of the molecule is CNCc1nn(C)cc1-c1ccc2nc[nH]c2c1. The van der Waals surface area contributed by atoms with Gasteiger partial charge in [-0.25, -0.2) is 4.98 Å². The van der Waals surface area contributed by atoms with E-state index >= 15 is 0 Å². The fraction of sp³-hybridized carbons (Fsp3) is 0.231. The molecule has 5 heteroatoms. The number of nitrogens with one attached hydrogen (secondary N) is 2. The van der Waals surface area contributed by atoms with Crippen molar-refractivity contribution in [3.05, 3.63) is 36.4 Å². The molecule has 0 unspecified atom stereocenters. The van der Waals surface area contributed by atoms with E-state index in [2.05, 4.69) is 32.5 Å². The Morgan fingerprint density at radius 3 is 3.11 bits per heavy atom. The molecule has 0 spiro atoms. The van der Waals surface area contributed by atoms with E-state index in [9.17, 15) is 0 Å². The molecule has 0 aliphatic heterocycles. The van der Waals surface area contributed by atoms with E-state index in [0.717, 1.165) is 34.4 Å². The van der Waals surface area contributed by atoms with Gasteiger partial charge in [0.05, 0.1) is 23.1 Å². The first-order valence-electron chi connectivity index (χ1n) is 5.88. The van der Waals surface area contributed by atoms with Gasteiger partial charge >= 0.3 is 0 Å². The highest BCUT2D eigenvalue weighted by Crippen LogP contribution is 2.25. The van der Waals surface area contributed by atoms with Crippen molar-refractivity contribution in [3.63, 3.8) is 0 Å². The number of hydrogen-bond acceptors (Lipinski definition) is 3. The van der Waals surface area contributed by atoms with Crippen molar-refractivity contribution >= 4 is 11.0 Å². The van der Waals surface area contributed by atoms with Crippen molar-refractivity contribution in [1.82, 2.24) is 25.1 Å². The zero-order valence-corrected chi connectivity index (χ0v) is 10.4. The molecule has 0 saturated carbocycles. The Balaban J connectivity index is 2.12. The molecule has 2 aromatic heterocycles. The van der Waals surface area contributed by atoms with Crippen molar-refractivity contribution in [2.24, 2.45) is 7.05 Å². The van der Waals surface area contributed by atoms with Gasteiger partial charge in [-0.15, -0.1) is 0 Å². The van der Waals surface area contributed by atoms with Crippen LogP contribution in [0.4, 0.5) is 0 Å². The van der Waals surface area contributed by atoms with Gasteiger partial charge < -0.3 is 10.3 Å². The van der Waals surface area contributed by atoms with E-state index in [-0.39, 0.29) is 0 Å². The maximum atomic E-state index is 4.47. The summed E-state index contributed by atoms with van der Waals surface area (Å²) >= 11 is 0. The summed E-state index contributed by atoms with van der Waals surface area (Å²) in [5.41, 5.74) is 5.40. The van der Waals surface area contributed by atoms with E-state index in [1.807, 2.05) is 31.0 Å². The molecule has 0 radical (unpaired) electrons. The lowest BCUT2D eigenvalue weighted by molar-refractivity contribution is 0.712. The summed E-state index contributed by atoms with van der Waals surface area (Å²) in [6.45, 7) is 0.761. The van der Waals surface area contributed by atoms with Crippen molar-refractivity contribution in [3.8, 4) is 11.1 Å². The van der Waals surface area contributed by atoms with Crippen LogP contribution in [0.1, 0.15) is 5.69 Å². The number of hydrogen-bond donors (Lipinski definition) is 2. The van der Waals surface area contributed by atoms with Crippen molar-refractivity contribution in [2.45, 2.75) is 6.54 Å². The molecule has 0 saturated heterocycles. The fourth-order valence-electron chi connectivity index (χ4n) is 2.18. The van der Waals surface area contributed by atoms with Crippen LogP contribution in [-0.2, 0) is 13.6 Å². The molecule has 92 valence electrons. The Bertz CT molecular complexity index is 680. The third-order valence-electron chi connectivity index (χ3n) is 2.98. The number of fused-ring (bicyclic) bond motifs is 1. The number of rotatable bonds is 3. The van der Waals surface area contributed by atoms with Crippen LogP contribution in [-0.4, -0.2) is 26.8 Å². The number of H-pyrrole nitrogens is 1. The van der Waals surface area contributed by atoms with E-state index in [1.54, 1.807) is 6.33 Å². The average Bonchev–Trinajstić information content (AvgIpc) is 2.95. The van der Waals surface area contributed by atoms with Gasteiger partial charge in [-0.2, -0.15) is 5.10 Å². The smallest absolute Gasteiger partial charge is 0.0931 e. The lowest BCUT2D eigenvalue weighted by Crippen LogP contribution is -2.07. The predicted octanol–water partition coefficient (Wildman–Crippen LogP) is 1.68. The zero-order chi connectivity index (χ0) is 12.5. The van der Waals surface area contributed by atoms with Crippen LogP contribution < -0.4 is 5.32 Å². The van der Waals surface area contributed by atoms with Crippen LogP contribution in [0.5, 0.6) is 0 Å². The third-order valence-corrected chi connectivity index (χ3v) is 2.98. The van der Waals surface area contributed by atoms with Gasteiger partial charge in [0.25, 0.3) is 0 Å². The molecule has 0 bridgehead atoms. The van der Waals surface area contributed by atoms with Gasteiger partial charge in [-0.1, -0.05) is 6.07 Å². The summed E-state index contributed by atoms with van der Waals surface area (Å²) in [4.78, 5) is 7.36. The standard InChI is InChI=1S/C13H15N5/c1-14-6-13-10(7-18(2)17-13)9-3-4-11-12(5-9)16-8-15-11/h3-5,7-8,14H,6H2,1-2H3,(H,15,16). The topological polar surface area (TPSA) is 58.5 Å². The third kappa shape index (κ3) is 1.78.